The molecule has 0 bridgehead atoms. The van der Waals surface area contributed by atoms with Gasteiger partial charge in [0, 0.05) is 19.1 Å². The summed E-state index contributed by atoms with van der Waals surface area (Å²) in [6.45, 7) is 9.70. The van der Waals surface area contributed by atoms with Crippen molar-refractivity contribution in [3.8, 4) is 17.6 Å². The van der Waals surface area contributed by atoms with Crippen molar-refractivity contribution in [3.63, 3.8) is 0 Å². The Labute approximate surface area is 228 Å². The largest absolute Gasteiger partial charge is 0.493 e. The van der Waals surface area contributed by atoms with E-state index >= 15 is 0 Å². The van der Waals surface area contributed by atoms with Gasteiger partial charge in [-0.15, -0.1) is 0 Å². The third kappa shape index (κ3) is 7.61. The highest BCUT2D eigenvalue weighted by atomic mass is 19.4. The van der Waals surface area contributed by atoms with Crippen molar-refractivity contribution >= 4 is 23.2 Å². The first-order valence-electron chi connectivity index (χ1n) is 11.5. The van der Waals surface area contributed by atoms with E-state index < -0.39 is 28.1 Å². The third-order valence-electron chi connectivity index (χ3n) is 5.16. The van der Waals surface area contributed by atoms with Gasteiger partial charge in [0.2, 0.25) is 0 Å². The molecule has 0 radical (unpaired) electrons. The number of aromatic nitrogens is 2. The minimum atomic E-state index is -4.84. The molecule has 0 aliphatic heterocycles. The van der Waals surface area contributed by atoms with Gasteiger partial charge in [-0.2, -0.15) is 23.5 Å². The maximum absolute atomic E-state index is 13.1. The lowest BCUT2D eigenvalue weighted by Crippen LogP contribution is -2.12. The quantitative estimate of drug-likeness (QED) is 0.108. The maximum atomic E-state index is 13.1. The molecule has 0 saturated carbocycles. The number of anilines is 1. The lowest BCUT2D eigenvalue weighted by molar-refractivity contribution is -0.421. The number of rotatable bonds is 11. The smallest absolute Gasteiger partial charge is 0.416 e. The fraction of sp³-hybridized carbons (Fsp3) is 0.143. The molecule has 1 aromatic heterocycles. The molecule has 0 spiro atoms. The Bertz CT molecular complexity index is 1500. The zero-order chi connectivity index (χ0) is 30.0. The van der Waals surface area contributed by atoms with Crippen molar-refractivity contribution in [2.75, 3.05) is 12.8 Å². The van der Waals surface area contributed by atoms with Crippen LogP contribution in [0, 0.1) is 21.4 Å². The Balaban J connectivity index is 2.51. The van der Waals surface area contributed by atoms with Crippen LogP contribution in [0.15, 0.2) is 90.9 Å². The van der Waals surface area contributed by atoms with Crippen LogP contribution in [0.2, 0.25) is 0 Å². The van der Waals surface area contributed by atoms with E-state index in [2.05, 4.69) is 24.3 Å². The summed E-state index contributed by atoms with van der Waals surface area (Å²) in [5.41, 5.74) is 5.45. The molecule has 40 heavy (non-hydrogen) atoms. The van der Waals surface area contributed by atoms with Gasteiger partial charge in [0.15, 0.2) is 17.3 Å². The Kier molecular flexibility index (Phi) is 10.4. The fourth-order valence-corrected chi connectivity index (χ4v) is 3.31. The molecule has 0 amide bonds. The zero-order valence-corrected chi connectivity index (χ0v) is 21.9. The highest BCUT2D eigenvalue weighted by Gasteiger charge is 2.33. The predicted octanol–water partition coefficient (Wildman–Crippen LogP) is 6.70. The molecule has 0 saturated heterocycles. The second kappa shape index (κ2) is 13.5. The van der Waals surface area contributed by atoms with Gasteiger partial charge >= 0.3 is 11.9 Å². The number of nitrogen functional groups attached to an aromatic ring is 1. The second-order valence-electron chi connectivity index (χ2n) is 7.88. The van der Waals surface area contributed by atoms with Crippen LogP contribution in [-0.2, 0) is 0 Å². The number of methoxy groups -OCH3 is 1. The van der Waals surface area contributed by atoms with Gasteiger partial charge < -0.3 is 15.2 Å². The van der Waals surface area contributed by atoms with Crippen LogP contribution in [0.25, 0.3) is 17.3 Å². The van der Waals surface area contributed by atoms with E-state index in [4.69, 9.17) is 15.2 Å². The van der Waals surface area contributed by atoms with E-state index in [1.807, 2.05) is 6.92 Å². The van der Waals surface area contributed by atoms with Gasteiger partial charge in [-0.1, -0.05) is 37.5 Å². The number of halogens is 3. The van der Waals surface area contributed by atoms with Gasteiger partial charge in [0.05, 0.1) is 28.9 Å². The molecule has 1 aromatic carbocycles. The summed E-state index contributed by atoms with van der Waals surface area (Å²) in [6.07, 6.45) is 4.31. The van der Waals surface area contributed by atoms with E-state index in [1.165, 1.54) is 42.1 Å². The normalized spacial score (nSPS) is 13.5. The van der Waals surface area contributed by atoms with Crippen molar-refractivity contribution in [2.24, 2.45) is 0 Å². The molecule has 2 rings (SSSR count). The van der Waals surface area contributed by atoms with Crippen molar-refractivity contribution in [1.29, 1.82) is 5.26 Å². The van der Waals surface area contributed by atoms with Crippen LogP contribution >= 0.6 is 0 Å². The second-order valence-corrected chi connectivity index (χ2v) is 7.88. The SMILES string of the molecule is C=C/C=C(\C=C/C)n1nc(/C(C#N)=C/c2ccc(O/C(C)=C(/C=C(\C=C)C(F)(F)F)[N+](=O)[O-])c(OC)c2)cc1N. The number of nitriles is 1. The average Bonchev–Trinajstić information content (AvgIpc) is 3.28. The summed E-state index contributed by atoms with van der Waals surface area (Å²) in [7, 11) is 1.31. The van der Waals surface area contributed by atoms with Crippen molar-refractivity contribution in [3.05, 3.63) is 112 Å². The summed E-state index contributed by atoms with van der Waals surface area (Å²) in [5, 5.41) is 25.7. The zero-order valence-electron chi connectivity index (χ0n) is 21.9. The number of benzene rings is 1. The molecule has 0 unspecified atom stereocenters. The van der Waals surface area contributed by atoms with E-state index in [9.17, 15) is 28.5 Å². The highest BCUT2D eigenvalue weighted by Crippen LogP contribution is 2.33. The van der Waals surface area contributed by atoms with Gasteiger partial charge in [-0.25, -0.2) is 4.68 Å². The number of alkyl halides is 3. The predicted molar refractivity (Wildman–Crippen MR) is 147 cm³/mol. The summed E-state index contributed by atoms with van der Waals surface area (Å²) < 4.78 is 51.5. The first-order chi connectivity index (χ1) is 18.9. The van der Waals surface area contributed by atoms with Crippen LogP contribution in [0.4, 0.5) is 19.0 Å². The highest BCUT2D eigenvalue weighted by molar-refractivity contribution is 5.89. The molecule has 0 aliphatic rings. The number of hydrogen-bond donors (Lipinski definition) is 1. The van der Waals surface area contributed by atoms with Crippen molar-refractivity contribution in [1.82, 2.24) is 9.78 Å². The maximum Gasteiger partial charge on any atom is 0.416 e. The lowest BCUT2D eigenvalue weighted by atomic mass is 10.1. The molecule has 12 heteroatoms. The standard InChI is InChI=1S/C28H26F3N5O4/c1-6-9-22(10-7-2)35-27(33)16-23(34-35)20(17-32)13-19-11-12-25(26(14-19)39-5)40-18(4)24(36(37)38)15-21(8-3)28(29,30)31/h6-16H,1,3,33H2,2,4-5H3/b10-7-,20-13+,21-15+,22-9+,24-18-. The lowest BCUT2D eigenvalue weighted by Gasteiger charge is -2.12. The Morgan fingerprint density at radius 2 is 1.98 bits per heavy atom. The van der Waals surface area contributed by atoms with Crippen molar-refractivity contribution in [2.45, 2.75) is 20.0 Å². The molecule has 2 aromatic rings. The van der Waals surface area contributed by atoms with Crippen LogP contribution in [0.5, 0.6) is 11.5 Å². The Morgan fingerprint density at radius 1 is 1.27 bits per heavy atom. The molecule has 9 nitrogen and oxygen atoms in total. The number of ether oxygens (including phenoxy) is 2. The minimum absolute atomic E-state index is 0.00495. The molecule has 0 aliphatic carbocycles. The molecule has 1 heterocycles. The van der Waals surface area contributed by atoms with E-state index in [-0.39, 0.29) is 22.9 Å². The van der Waals surface area contributed by atoms with E-state index in [1.54, 1.807) is 24.3 Å². The molecular weight excluding hydrogens is 527 g/mol. The molecular formula is C28H26F3N5O4. The molecule has 0 atom stereocenters. The number of allylic oxidation sites excluding steroid dienone is 10. The average molecular weight is 554 g/mol. The summed E-state index contributed by atoms with van der Waals surface area (Å²) in [4.78, 5) is 10.5. The van der Waals surface area contributed by atoms with Crippen molar-refractivity contribution < 1.29 is 27.6 Å². The number of nitro groups is 1. The minimum Gasteiger partial charge on any atom is -0.493 e. The number of nitrogens with zero attached hydrogens (tertiary/aromatic N) is 4. The van der Waals surface area contributed by atoms with Gasteiger partial charge in [-0.3, -0.25) is 10.1 Å². The Hall–Kier alpha value is -5.31. The van der Waals surface area contributed by atoms with Crippen LogP contribution < -0.4 is 15.2 Å². The third-order valence-corrected chi connectivity index (χ3v) is 5.16. The van der Waals surface area contributed by atoms with E-state index in [0.29, 0.717) is 29.1 Å². The fourth-order valence-electron chi connectivity index (χ4n) is 3.31. The molecule has 208 valence electrons. The summed E-state index contributed by atoms with van der Waals surface area (Å²) >= 11 is 0. The number of hydrogen-bond acceptors (Lipinski definition) is 7. The topological polar surface area (TPSA) is 129 Å². The first kappa shape index (κ1) is 30.9. The van der Waals surface area contributed by atoms with Crippen LogP contribution in [0.3, 0.4) is 0 Å². The van der Waals surface area contributed by atoms with Crippen LogP contribution in [0.1, 0.15) is 25.1 Å². The first-order valence-corrected chi connectivity index (χ1v) is 11.5. The van der Waals surface area contributed by atoms with Gasteiger partial charge in [0.1, 0.15) is 17.6 Å². The monoisotopic (exact) mass is 553 g/mol. The molecule has 2 N–H and O–H groups in total. The van der Waals surface area contributed by atoms with Gasteiger partial charge in [0.25, 0.3) is 0 Å². The Morgan fingerprint density at radius 3 is 2.50 bits per heavy atom. The van der Waals surface area contributed by atoms with Crippen LogP contribution in [-0.4, -0.2) is 28.0 Å². The van der Waals surface area contributed by atoms with E-state index in [0.717, 1.165) is 6.92 Å². The van der Waals surface area contributed by atoms with Gasteiger partial charge in [-0.05, 0) is 42.8 Å². The summed E-state index contributed by atoms with van der Waals surface area (Å²) in [6, 6.07) is 8.00. The molecule has 0 fully saturated rings. The summed E-state index contributed by atoms with van der Waals surface area (Å²) in [5.74, 6) is -0.0361. The number of nitrogens with two attached hydrogens (primary N) is 1.